The molecule has 0 saturated heterocycles. The first kappa shape index (κ1) is 8.33. The Morgan fingerprint density at radius 1 is 1.44 bits per heavy atom. The van der Waals surface area contributed by atoms with E-state index in [1.165, 1.54) is 0 Å². The molecular formula is C5H8F2O2. The monoisotopic (exact) mass is 138 g/mol. The first-order chi connectivity index (χ1) is 4.12. The fourth-order valence-electron chi connectivity index (χ4n) is 0.444. The summed E-state index contributed by atoms with van der Waals surface area (Å²) in [6.07, 6.45) is 0.951. The Bertz CT molecular complexity index is 87.0. The zero-order valence-corrected chi connectivity index (χ0v) is 4.81. The van der Waals surface area contributed by atoms with E-state index in [1.54, 1.807) is 0 Å². The Labute approximate surface area is 51.5 Å². The van der Waals surface area contributed by atoms with Gasteiger partial charge in [-0.05, 0) is 6.42 Å². The van der Waals surface area contributed by atoms with E-state index >= 15 is 0 Å². The molecule has 0 atom stereocenters. The van der Waals surface area contributed by atoms with E-state index in [1.807, 2.05) is 0 Å². The summed E-state index contributed by atoms with van der Waals surface area (Å²) in [5.41, 5.74) is 0. The van der Waals surface area contributed by atoms with E-state index in [9.17, 15) is 8.78 Å². The van der Waals surface area contributed by atoms with Crippen LogP contribution < -0.4 is 0 Å². The molecule has 0 amide bonds. The number of hydrogen-bond acceptors (Lipinski definition) is 1. The van der Waals surface area contributed by atoms with Gasteiger partial charge in [0.25, 0.3) is 6.47 Å². The molecule has 54 valence electrons. The van der Waals surface area contributed by atoms with Crippen molar-refractivity contribution in [2.45, 2.75) is 25.2 Å². The van der Waals surface area contributed by atoms with Crippen LogP contribution in [0.1, 0.15) is 19.3 Å². The van der Waals surface area contributed by atoms with Gasteiger partial charge in [0.1, 0.15) is 0 Å². The molecule has 0 unspecified atom stereocenters. The molecule has 0 aliphatic heterocycles. The lowest BCUT2D eigenvalue weighted by molar-refractivity contribution is -0.122. The van der Waals surface area contributed by atoms with Crippen LogP contribution in [0.3, 0.4) is 0 Å². The van der Waals surface area contributed by atoms with Crippen molar-refractivity contribution < 1.29 is 18.7 Å². The minimum Gasteiger partial charge on any atom is -0.483 e. The average molecular weight is 138 g/mol. The van der Waals surface area contributed by atoms with Gasteiger partial charge in [-0.2, -0.15) is 0 Å². The van der Waals surface area contributed by atoms with Crippen LogP contribution in [-0.4, -0.2) is 17.5 Å². The van der Waals surface area contributed by atoms with Crippen molar-refractivity contribution in [2.24, 2.45) is 0 Å². The van der Waals surface area contributed by atoms with Gasteiger partial charge in [0, 0.05) is 12.8 Å². The normalized spacial score (nSPS) is 20.7. The Balaban J connectivity index is 0.000000187. The molecule has 0 bridgehead atoms. The molecule has 1 aliphatic carbocycles. The van der Waals surface area contributed by atoms with Crippen LogP contribution in [0.25, 0.3) is 0 Å². The van der Waals surface area contributed by atoms with Crippen molar-refractivity contribution in [2.75, 3.05) is 0 Å². The second-order valence-corrected chi connectivity index (χ2v) is 1.81. The predicted molar refractivity (Wildman–Crippen MR) is 27.5 cm³/mol. The Morgan fingerprint density at radius 3 is 1.67 bits per heavy atom. The third-order valence-electron chi connectivity index (χ3n) is 1.09. The maximum absolute atomic E-state index is 11.5. The van der Waals surface area contributed by atoms with E-state index in [0.717, 1.165) is 0 Å². The molecule has 0 aromatic carbocycles. The van der Waals surface area contributed by atoms with E-state index < -0.39 is 5.92 Å². The second kappa shape index (κ2) is 3.37. The van der Waals surface area contributed by atoms with Crippen LogP contribution in [0.15, 0.2) is 0 Å². The third kappa shape index (κ3) is 3.88. The van der Waals surface area contributed by atoms with Crippen molar-refractivity contribution >= 4 is 6.47 Å². The summed E-state index contributed by atoms with van der Waals surface area (Å²) in [5, 5.41) is 6.89. The molecule has 1 N–H and O–H groups in total. The number of alkyl halides is 2. The van der Waals surface area contributed by atoms with Crippen LogP contribution in [-0.2, 0) is 4.79 Å². The molecular weight excluding hydrogens is 130 g/mol. The third-order valence-corrected chi connectivity index (χ3v) is 1.09. The van der Waals surface area contributed by atoms with Crippen molar-refractivity contribution in [3.8, 4) is 0 Å². The standard InChI is InChI=1S/C4H6F2.CH2O2/c5-4(6)2-1-3-4;2-1-3/h1-3H2;1H,(H,2,3). The molecule has 1 rings (SSSR count). The maximum Gasteiger partial charge on any atom is 0.290 e. The molecule has 4 heteroatoms. The van der Waals surface area contributed by atoms with E-state index in [2.05, 4.69) is 0 Å². The number of carbonyl (C=O) groups is 1. The van der Waals surface area contributed by atoms with Gasteiger partial charge in [-0.3, -0.25) is 4.79 Å². The van der Waals surface area contributed by atoms with E-state index in [-0.39, 0.29) is 19.3 Å². The minimum absolute atomic E-state index is 0.118. The number of halogens is 2. The highest BCUT2D eigenvalue weighted by molar-refractivity contribution is 5.32. The molecule has 0 spiro atoms. The highest BCUT2D eigenvalue weighted by Crippen LogP contribution is 2.36. The lowest BCUT2D eigenvalue weighted by Gasteiger charge is -2.23. The highest BCUT2D eigenvalue weighted by atomic mass is 19.3. The molecule has 1 saturated carbocycles. The summed E-state index contributed by atoms with van der Waals surface area (Å²) in [4.78, 5) is 8.36. The molecule has 0 aromatic rings. The predicted octanol–water partition coefficient (Wildman–Crippen LogP) is 1.51. The topological polar surface area (TPSA) is 37.3 Å². The van der Waals surface area contributed by atoms with Gasteiger partial charge in [-0.1, -0.05) is 0 Å². The fourth-order valence-corrected chi connectivity index (χ4v) is 0.444. The summed E-state index contributed by atoms with van der Waals surface area (Å²) in [6, 6.07) is 0. The fraction of sp³-hybridized carbons (Fsp3) is 0.800. The van der Waals surface area contributed by atoms with Crippen molar-refractivity contribution in [3.63, 3.8) is 0 Å². The molecule has 0 aromatic heterocycles. The largest absolute Gasteiger partial charge is 0.483 e. The summed E-state index contributed by atoms with van der Waals surface area (Å²) in [6.45, 7) is -0.250. The number of rotatable bonds is 0. The number of hydrogen-bond donors (Lipinski definition) is 1. The Hall–Kier alpha value is -0.670. The van der Waals surface area contributed by atoms with E-state index in [4.69, 9.17) is 9.90 Å². The van der Waals surface area contributed by atoms with Gasteiger partial charge in [-0.25, -0.2) is 8.78 Å². The average Bonchev–Trinajstić information content (AvgIpc) is 1.65. The minimum atomic E-state index is -2.28. The number of carboxylic acid groups (broad SMARTS) is 1. The van der Waals surface area contributed by atoms with Gasteiger partial charge >= 0.3 is 0 Å². The molecule has 2 nitrogen and oxygen atoms in total. The molecule has 1 aliphatic rings. The molecule has 0 heterocycles. The van der Waals surface area contributed by atoms with Gasteiger partial charge < -0.3 is 5.11 Å². The Morgan fingerprint density at radius 2 is 1.67 bits per heavy atom. The van der Waals surface area contributed by atoms with Crippen LogP contribution in [0, 0.1) is 0 Å². The van der Waals surface area contributed by atoms with Gasteiger partial charge in [0.05, 0.1) is 0 Å². The summed E-state index contributed by atoms with van der Waals surface area (Å²) < 4.78 is 23.1. The summed E-state index contributed by atoms with van der Waals surface area (Å²) in [5.74, 6) is -2.28. The van der Waals surface area contributed by atoms with Gasteiger partial charge in [0.2, 0.25) is 5.92 Å². The molecule has 9 heavy (non-hydrogen) atoms. The van der Waals surface area contributed by atoms with Gasteiger partial charge in [0.15, 0.2) is 0 Å². The van der Waals surface area contributed by atoms with Crippen molar-refractivity contribution in [1.82, 2.24) is 0 Å². The first-order valence-electron chi connectivity index (χ1n) is 2.58. The van der Waals surface area contributed by atoms with Crippen LogP contribution >= 0.6 is 0 Å². The second-order valence-electron chi connectivity index (χ2n) is 1.81. The molecule has 0 radical (unpaired) electrons. The summed E-state index contributed by atoms with van der Waals surface area (Å²) >= 11 is 0. The maximum atomic E-state index is 11.5. The lowest BCUT2D eigenvalue weighted by Crippen LogP contribution is -2.24. The van der Waals surface area contributed by atoms with Crippen LogP contribution in [0.5, 0.6) is 0 Å². The molecule has 1 fully saturated rings. The van der Waals surface area contributed by atoms with Gasteiger partial charge in [-0.15, -0.1) is 0 Å². The summed E-state index contributed by atoms with van der Waals surface area (Å²) in [7, 11) is 0. The zero-order chi connectivity index (χ0) is 7.33. The van der Waals surface area contributed by atoms with E-state index in [0.29, 0.717) is 6.42 Å². The highest BCUT2D eigenvalue weighted by Gasteiger charge is 2.36. The quantitative estimate of drug-likeness (QED) is 0.515. The van der Waals surface area contributed by atoms with Crippen molar-refractivity contribution in [3.05, 3.63) is 0 Å². The van der Waals surface area contributed by atoms with Crippen LogP contribution in [0.2, 0.25) is 0 Å². The van der Waals surface area contributed by atoms with Crippen molar-refractivity contribution in [1.29, 1.82) is 0 Å². The SMILES string of the molecule is FC1(F)CCC1.O=CO. The Kier molecular flexibility index (Phi) is 3.12. The first-order valence-corrected chi connectivity index (χ1v) is 2.58. The lowest BCUT2D eigenvalue weighted by atomic mass is 9.95. The van der Waals surface area contributed by atoms with Crippen LogP contribution in [0.4, 0.5) is 8.78 Å². The smallest absolute Gasteiger partial charge is 0.290 e. The zero-order valence-electron chi connectivity index (χ0n) is 4.81.